The van der Waals surface area contributed by atoms with Gasteiger partial charge in [-0.05, 0) is 30.3 Å². The zero-order valence-corrected chi connectivity index (χ0v) is 18.0. The molecule has 2 saturated heterocycles. The van der Waals surface area contributed by atoms with Gasteiger partial charge in [0.05, 0.1) is 36.1 Å². The predicted octanol–water partition coefficient (Wildman–Crippen LogP) is 3.19. The minimum Gasteiger partial charge on any atom is -0.383 e. The Morgan fingerprint density at radius 1 is 1.12 bits per heavy atom. The minimum absolute atomic E-state index is 0.131. The molecule has 0 aromatic heterocycles. The SMILES string of the molecule is COCCN1C(=O)[C@@H]2[C@H](C1=O)[C@H]1C=Cc3cc(F)ccc3N1[C@H]2C(=O)c1ccccc1Cl. The van der Waals surface area contributed by atoms with Crippen molar-refractivity contribution in [3.63, 3.8) is 0 Å². The Morgan fingerprint density at radius 2 is 1.88 bits per heavy atom. The first-order valence-electron chi connectivity index (χ1n) is 10.3. The molecule has 0 radical (unpaired) electrons. The quantitative estimate of drug-likeness (QED) is 0.512. The first-order valence-corrected chi connectivity index (χ1v) is 10.7. The van der Waals surface area contributed by atoms with Crippen molar-refractivity contribution in [1.29, 1.82) is 0 Å². The summed E-state index contributed by atoms with van der Waals surface area (Å²) in [6, 6.07) is 9.49. The molecule has 0 spiro atoms. The van der Waals surface area contributed by atoms with Crippen molar-refractivity contribution in [3.8, 4) is 0 Å². The number of benzene rings is 2. The van der Waals surface area contributed by atoms with Crippen LogP contribution in [0.5, 0.6) is 0 Å². The lowest BCUT2D eigenvalue weighted by atomic mass is 9.86. The summed E-state index contributed by atoms with van der Waals surface area (Å²) in [4.78, 5) is 43.5. The van der Waals surface area contributed by atoms with Crippen LogP contribution in [0, 0.1) is 17.7 Å². The zero-order valence-electron chi connectivity index (χ0n) is 17.2. The van der Waals surface area contributed by atoms with Crippen molar-refractivity contribution < 1.29 is 23.5 Å². The summed E-state index contributed by atoms with van der Waals surface area (Å²) in [6.45, 7) is 0.346. The molecule has 2 aromatic rings. The Balaban J connectivity index is 1.64. The van der Waals surface area contributed by atoms with E-state index < -0.39 is 35.6 Å². The van der Waals surface area contributed by atoms with Gasteiger partial charge in [0, 0.05) is 23.9 Å². The Hall–Kier alpha value is -3.03. The number of carbonyl (C=O) groups excluding carboxylic acids is 3. The second-order valence-corrected chi connectivity index (χ2v) is 8.53. The second kappa shape index (κ2) is 7.83. The lowest BCUT2D eigenvalue weighted by Gasteiger charge is -2.36. The number of ether oxygens (including phenoxy) is 1. The van der Waals surface area contributed by atoms with E-state index in [1.165, 1.54) is 24.1 Å². The topological polar surface area (TPSA) is 66.9 Å². The number of rotatable bonds is 5. The van der Waals surface area contributed by atoms with E-state index in [2.05, 4.69) is 0 Å². The molecule has 0 unspecified atom stereocenters. The molecule has 3 heterocycles. The molecule has 32 heavy (non-hydrogen) atoms. The lowest BCUT2D eigenvalue weighted by molar-refractivity contribution is -0.141. The maximum absolute atomic E-state index is 13.9. The third-order valence-electron chi connectivity index (χ3n) is 6.49. The number of halogens is 2. The molecule has 0 bridgehead atoms. The number of ketones is 1. The van der Waals surface area contributed by atoms with Gasteiger partial charge in [-0.1, -0.05) is 35.9 Å². The highest BCUT2D eigenvalue weighted by Gasteiger charge is 2.63. The Bertz CT molecular complexity index is 1170. The van der Waals surface area contributed by atoms with Gasteiger partial charge < -0.3 is 9.64 Å². The number of nitrogens with zero attached hydrogens (tertiary/aromatic N) is 2. The van der Waals surface area contributed by atoms with Crippen LogP contribution in [-0.4, -0.2) is 54.8 Å². The minimum atomic E-state index is -0.942. The number of likely N-dealkylation sites (tertiary alicyclic amines) is 1. The molecule has 3 aliphatic rings. The van der Waals surface area contributed by atoms with Crippen LogP contribution in [0.2, 0.25) is 5.02 Å². The fourth-order valence-electron chi connectivity index (χ4n) is 5.13. The summed E-state index contributed by atoms with van der Waals surface area (Å²) >= 11 is 6.32. The van der Waals surface area contributed by atoms with Gasteiger partial charge in [-0.2, -0.15) is 0 Å². The molecule has 3 aliphatic heterocycles. The van der Waals surface area contributed by atoms with Gasteiger partial charge in [0.25, 0.3) is 0 Å². The van der Waals surface area contributed by atoms with Crippen LogP contribution in [0.15, 0.2) is 48.5 Å². The highest BCUT2D eigenvalue weighted by Crippen LogP contribution is 2.49. The molecule has 4 atom stereocenters. The largest absolute Gasteiger partial charge is 0.383 e. The van der Waals surface area contributed by atoms with E-state index in [1.807, 2.05) is 0 Å². The molecule has 0 N–H and O–H groups in total. The van der Waals surface area contributed by atoms with Gasteiger partial charge in [0.2, 0.25) is 11.8 Å². The Kier molecular flexibility index (Phi) is 5.10. The van der Waals surface area contributed by atoms with E-state index in [-0.39, 0.29) is 35.4 Å². The number of methoxy groups -OCH3 is 1. The molecule has 164 valence electrons. The number of amides is 2. The van der Waals surface area contributed by atoms with Crippen LogP contribution in [0.25, 0.3) is 6.08 Å². The van der Waals surface area contributed by atoms with Crippen LogP contribution < -0.4 is 4.90 Å². The second-order valence-electron chi connectivity index (χ2n) is 8.12. The van der Waals surface area contributed by atoms with Crippen molar-refractivity contribution in [2.24, 2.45) is 11.8 Å². The summed E-state index contributed by atoms with van der Waals surface area (Å²) in [7, 11) is 1.50. The van der Waals surface area contributed by atoms with Crippen LogP contribution in [0.3, 0.4) is 0 Å². The summed E-state index contributed by atoms with van der Waals surface area (Å²) in [6.07, 6.45) is 3.53. The van der Waals surface area contributed by atoms with Gasteiger partial charge in [0.1, 0.15) is 11.9 Å². The lowest BCUT2D eigenvalue weighted by Crippen LogP contribution is -2.49. The van der Waals surface area contributed by atoms with E-state index in [9.17, 15) is 18.8 Å². The van der Waals surface area contributed by atoms with Crippen molar-refractivity contribution in [2.75, 3.05) is 25.2 Å². The molecule has 0 aliphatic carbocycles. The average Bonchev–Trinajstić information content (AvgIpc) is 3.25. The molecule has 2 fully saturated rings. The number of anilines is 1. The van der Waals surface area contributed by atoms with E-state index in [1.54, 1.807) is 47.4 Å². The summed E-state index contributed by atoms with van der Waals surface area (Å²) in [5.74, 6) is -3.05. The third kappa shape index (κ3) is 2.99. The van der Waals surface area contributed by atoms with Crippen LogP contribution in [0.1, 0.15) is 15.9 Å². The highest BCUT2D eigenvalue weighted by atomic mass is 35.5. The average molecular weight is 455 g/mol. The maximum atomic E-state index is 13.9. The number of imide groups is 1. The fraction of sp³-hybridized carbons (Fsp3) is 0.292. The van der Waals surface area contributed by atoms with Crippen molar-refractivity contribution >= 4 is 41.0 Å². The van der Waals surface area contributed by atoms with E-state index in [0.717, 1.165) is 0 Å². The molecular formula is C24H20ClFN2O4. The van der Waals surface area contributed by atoms with Crippen LogP contribution >= 0.6 is 11.6 Å². The first-order chi connectivity index (χ1) is 15.4. The Morgan fingerprint density at radius 3 is 2.62 bits per heavy atom. The van der Waals surface area contributed by atoms with Crippen LogP contribution in [0.4, 0.5) is 10.1 Å². The summed E-state index contributed by atoms with van der Waals surface area (Å²) < 4.78 is 18.9. The van der Waals surface area contributed by atoms with Crippen molar-refractivity contribution in [1.82, 2.24) is 4.90 Å². The molecule has 2 amide bonds. The van der Waals surface area contributed by atoms with Gasteiger partial charge in [-0.25, -0.2) is 4.39 Å². The fourth-order valence-corrected chi connectivity index (χ4v) is 5.36. The third-order valence-corrected chi connectivity index (χ3v) is 6.82. The highest BCUT2D eigenvalue weighted by molar-refractivity contribution is 6.34. The molecule has 2 aromatic carbocycles. The maximum Gasteiger partial charge on any atom is 0.235 e. The van der Waals surface area contributed by atoms with Crippen molar-refractivity contribution in [2.45, 2.75) is 12.1 Å². The zero-order chi connectivity index (χ0) is 22.6. The smallest absolute Gasteiger partial charge is 0.235 e. The summed E-state index contributed by atoms with van der Waals surface area (Å²) in [5, 5.41) is 0.275. The van der Waals surface area contributed by atoms with Gasteiger partial charge >= 0.3 is 0 Å². The molecule has 8 heteroatoms. The molecule has 5 rings (SSSR count). The molecule has 0 saturated carbocycles. The number of hydrogen-bond donors (Lipinski definition) is 0. The predicted molar refractivity (Wildman–Crippen MR) is 117 cm³/mol. The molecule has 6 nitrogen and oxygen atoms in total. The number of hydrogen-bond acceptors (Lipinski definition) is 5. The standard InChI is InChI=1S/C24H20ClFN2O4/c1-32-11-10-27-23(30)19-18-8-6-13-12-14(26)7-9-17(13)28(18)21(20(19)24(27)31)22(29)15-4-2-3-5-16(15)25/h2-9,12,18-21H,10-11H2,1H3/t18-,19-,20-,21-/m1/s1. The number of Topliss-reactive ketones (excluding diaryl/α,β-unsaturated/α-hetero) is 1. The van der Waals surface area contributed by atoms with Crippen molar-refractivity contribution in [3.05, 3.63) is 70.5 Å². The number of fused-ring (bicyclic) bond motifs is 5. The monoisotopic (exact) mass is 454 g/mol. The molecular weight excluding hydrogens is 435 g/mol. The summed E-state index contributed by atoms with van der Waals surface area (Å²) in [5.41, 5.74) is 1.49. The van der Waals surface area contributed by atoms with Crippen LogP contribution in [-0.2, 0) is 14.3 Å². The number of carbonyl (C=O) groups is 3. The first kappa shape index (κ1) is 20.8. The van der Waals surface area contributed by atoms with E-state index in [4.69, 9.17) is 16.3 Å². The van der Waals surface area contributed by atoms with E-state index in [0.29, 0.717) is 11.3 Å². The van der Waals surface area contributed by atoms with Gasteiger partial charge in [0.15, 0.2) is 5.78 Å². The van der Waals surface area contributed by atoms with E-state index >= 15 is 0 Å². The van der Waals surface area contributed by atoms with Gasteiger partial charge in [-0.3, -0.25) is 19.3 Å². The Labute approximate surface area is 189 Å². The van der Waals surface area contributed by atoms with Gasteiger partial charge in [-0.15, -0.1) is 0 Å². The normalized spacial score (nSPS) is 25.7.